The Hall–Kier alpha value is 0.660. The summed E-state index contributed by atoms with van der Waals surface area (Å²) < 4.78 is 0. The molecule has 0 aromatic rings. The van der Waals surface area contributed by atoms with Gasteiger partial charge in [-0.15, -0.1) is 0 Å². The lowest BCUT2D eigenvalue weighted by Crippen LogP contribution is -2.40. The highest BCUT2D eigenvalue weighted by Gasteiger charge is 2.22. The molecule has 2 atom stereocenters. The van der Waals surface area contributed by atoms with Crippen LogP contribution in [0.3, 0.4) is 0 Å². The molecule has 1 nitrogen and oxygen atoms in total. The van der Waals surface area contributed by atoms with Crippen LogP contribution in [0, 0.1) is 0 Å². The van der Waals surface area contributed by atoms with Crippen LogP contribution in [0.5, 0.6) is 0 Å². The van der Waals surface area contributed by atoms with E-state index in [-0.39, 0.29) is 0 Å². The maximum Gasteiger partial charge on any atom is 0.0291 e. The van der Waals surface area contributed by atoms with E-state index in [1.54, 1.807) is 0 Å². The van der Waals surface area contributed by atoms with Crippen molar-refractivity contribution in [2.45, 2.75) is 38.0 Å². The Kier molecular flexibility index (Phi) is 6.33. The Morgan fingerprint density at radius 1 is 1.38 bits per heavy atom. The van der Waals surface area contributed by atoms with E-state index in [9.17, 15) is 0 Å². The zero-order chi connectivity index (χ0) is 9.52. The monoisotopic (exact) mass is 219 g/mol. The molecule has 0 spiro atoms. The van der Waals surface area contributed by atoms with Crippen LogP contribution in [-0.4, -0.2) is 35.1 Å². The molecule has 13 heavy (non-hydrogen) atoms. The van der Waals surface area contributed by atoms with Crippen LogP contribution >= 0.6 is 23.5 Å². The lowest BCUT2D eigenvalue weighted by Gasteiger charge is -2.29. The van der Waals surface area contributed by atoms with E-state index < -0.39 is 0 Å². The number of hydrogen-bond acceptors (Lipinski definition) is 3. The molecule has 1 aliphatic heterocycles. The Bertz CT molecular complexity index is 124. The van der Waals surface area contributed by atoms with E-state index in [0.717, 1.165) is 11.3 Å². The minimum Gasteiger partial charge on any atom is -0.313 e. The summed E-state index contributed by atoms with van der Waals surface area (Å²) in [5.41, 5.74) is 0. The molecule has 1 saturated heterocycles. The van der Waals surface area contributed by atoms with Gasteiger partial charge in [-0.2, -0.15) is 23.5 Å². The first-order chi connectivity index (χ1) is 6.38. The van der Waals surface area contributed by atoms with Crippen molar-refractivity contribution < 1.29 is 0 Å². The van der Waals surface area contributed by atoms with Gasteiger partial charge in [0.15, 0.2) is 0 Å². The molecule has 0 radical (unpaired) electrons. The average Bonchev–Trinajstić information content (AvgIpc) is 2.21. The van der Waals surface area contributed by atoms with Crippen molar-refractivity contribution in [2.75, 3.05) is 23.8 Å². The van der Waals surface area contributed by atoms with E-state index >= 15 is 0 Å². The second-order valence-corrected chi connectivity index (χ2v) is 5.95. The molecule has 1 rings (SSSR count). The van der Waals surface area contributed by atoms with Gasteiger partial charge in [0.2, 0.25) is 0 Å². The number of hydrogen-bond donors (Lipinski definition) is 1. The number of rotatable bonds is 5. The minimum atomic E-state index is 0.748. The van der Waals surface area contributed by atoms with Crippen LogP contribution in [0.15, 0.2) is 0 Å². The van der Waals surface area contributed by atoms with Crippen molar-refractivity contribution in [1.82, 2.24) is 5.32 Å². The summed E-state index contributed by atoms with van der Waals surface area (Å²) in [5, 5.41) is 4.51. The highest BCUT2D eigenvalue weighted by molar-refractivity contribution is 8.06. The fraction of sp³-hybridized carbons (Fsp3) is 1.00. The molecule has 1 N–H and O–H groups in total. The largest absolute Gasteiger partial charge is 0.313 e. The van der Waals surface area contributed by atoms with Crippen LogP contribution in [0.25, 0.3) is 0 Å². The van der Waals surface area contributed by atoms with Crippen molar-refractivity contribution in [2.24, 2.45) is 0 Å². The van der Waals surface area contributed by atoms with Crippen LogP contribution in [0.1, 0.15) is 26.7 Å². The van der Waals surface area contributed by atoms with E-state index in [4.69, 9.17) is 0 Å². The second-order valence-electron chi connectivity index (χ2n) is 3.45. The normalized spacial score (nSPS) is 25.8. The van der Waals surface area contributed by atoms with Gasteiger partial charge in [-0.25, -0.2) is 0 Å². The van der Waals surface area contributed by atoms with Crippen molar-refractivity contribution in [3.8, 4) is 0 Å². The first-order valence-electron chi connectivity index (χ1n) is 5.31. The molecule has 0 saturated carbocycles. The van der Waals surface area contributed by atoms with Crippen molar-refractivity contribution >= 4 is 23.5 Å². The Labute approximate surface area is 90.8 Å². The van der Waals surface area contributed by atoms with Crippen LogP contribution < -0.4 is 5.32 Å². The number of nitrogens with one attached hydrogen (secondary N) is 1. The van der Waals surface area contributed by atoms with Gasteiger partial charge in [0, 0.05) is 28.6 Å². The fourth-order valence-corrected chi connectivity index (χ4v) is 4.59. The van der Waals surface area contributed by atoms with Gasteiger partial charge in [0.1, 0.15) is 0 Å². The molecule has 0 amide bonds. The lowest BCUT2D eigenvalue weighted by molar-refractivity contribution is 0.496. The van der Waals surface area contributed by atoms with Gasteiger partial charge in [-0.3, -0.25) is 0 Å². The highest BCUT2D eigenvalue weighted by atomic mass is 32.2. The van der Waals surface area contributed by atoms with Crippen LogP contribution in [-0.2, 0) is 0 Å². The van der Waals surface area contributed by atoms with Crippen LogP contribution in [0.4, 0.5) is 0 Å². The molecule has 1 aliphatic rings. The smallest absolute Gasteiger partial charge is 0.0291 e. The Morgan fingerprint density at radius 2 is 2.23 bits per heavy atom. The van der Waals surface area contributed by atoms with Crippen molar-refractivity contribution in [3.63, 3.8) is 0 Å². The van der Waals surface area contributed by atoms with Crippen LogP contribution in [0.2, 0.25) is 0 Å². The summed E-state index contributed by atoms with van der Waals surface area (Å²) in [7, 11) is 0. The molecule has 1 heterocycles. The summed E-state index contributed by atoms with van der Waals surface area (Å²) in [6, 6.07) is 0.748. The maximum absolute atomic E-state index is 3.65. The average molecular weight is 219 g/mol. The molecule has 0 aromatic heterocycles. The maximum atomic E-state index is 3.65. The summed E-state index contributed by atoms with van der Waals surface area (Å²) in [4.78, 5) is 0. The first-order valence-corrected chi connectivity index (χ1v) is 7.51. The summed E-state index contributed by atoms with van der Waals surface area (Å²) in [6.07, 6.45) is 2.53. The fourth-order valence-electron chi connectivity index (χ4n) is 1.61. The molecule has 0 bridgehead atoms. The van der Waals surface area contributed by atoms with Crippen molar-refractivity contribution in [1.29, 1.82) is 0 Å². The van der Waals surface area contributed by atoms with E-state index in [2.05, 4.69) is 42.7 Å². The van der Waals surface area contributed by atoms with Gasteiger partial charge < -0.3 is 5.32 Å². The predicted octanol–water partition coefficient (Wildman–Crippen LogP) is 2.61. The van der Waals surface area contributed by atoms with Gasteiger partial charge in [-0.05, 0) is 19.4 Å². The minimum absolute atomic E-state index is 0.748. The summed E-state index contributed by atoms with van der Waals surface area (Å²) in [5.74, 6) is 4.05. The lowest BCUT2D eigenvalue weighted by atomic mass is 10.1. The SMILES string of the molecule is CCCNC(CC)C1CSCCS1. The molecular weight excluding hydrogens is 198 g/mol. The molecule has 0 aliphatic carbocycles. The molecule has 1 fully saturated rings. The zero-order valence-electron chi connectivity index (χ0n) is 8.71. The van der Waals surface area contributed by atoms with Crippen molar-refractivity contribution in [3.05, 3.63) is 0 Å². The van der Waals surface area contributed by atoms with Gasteiger partial charge in [0.05, 0.1) is 0 Å². The Balaban J connectivity index is 2.26. The second kappa shape index (κ2) is 7.02. The topological polar surface area (TPSA) is 12.0 Å². The van der Waals surface area contributed by atoms with E-state index in [0.29, 0.717) is 0 Å². The van der Waals surface area contributed by atoms with Gasteiger partial charge in [-0.1, -0.05) is 13.8 Å². The predicted molar refractivity (Wildman–Crippen MR) is 65.9 cm³/mol. The van der Waals surface area contributed by atoms with Gasteiger partial charge in [0.25, 0.3) is 0 Å². The molecule has 78 valence electrons. The summed E-state index contributed by atoms with van der Waals surface area (Å²) in [6.45, 7) is 5.72. The quantitative estimate of drug-likeness (QED) is 0.763. The molecule has 3 heteroatoms. The van der Waals surface area contributed by atoms with E-state index in [1.807, 2.05) is 0 Å². The molecule has 2 unspecified atom stereocenters. The molecular formula is C10H21NS2. The first kappa shape index (κ1) is 11.7. The zero-order valence-corrected chi connectivity index (χ0v) is 10.3. The third kappa shape index (κ3) is 4.13. The standard InChI is InChI=1S/C10H21NS2/c1-3-5-11-9(4-2)10-8-12-6-7-13-10/h9-11H,3-8H2,1-2H3. The third-order valence-electron chi connectivity index (χ3n) is 2.39. The summed E-state index contributed by atoms with van der Waals surface area (Å²) >= 11 is 4.28. The van der Waals surface area contributed by atoms with Gasteiger partial charge >= 0.3 is 0 Å². The van der Waals surface area contributed by atoms with E-state index in [1.165, 1.54) is 36.6 Å². The third-order valence-corrected chi connectivity index (χ3v) is 5.31. The number of thioether (sulfide) groups is 2. The highest BCUT2D eigenvalue weighted by Crippen LogP contribution is 2.27. The molecule has 0 aromatic carbocycles. The Morgan fingerprint density at radius 3 is 2.77 bits per heavy atom.